The highest BCUT2D eigenvalue weighted by Crippen LogP contribution is 2.19. The third kappa shape index (κ3) is 4.91. The first kappa shape index (κ1) is 16.0. The fourth-order valence-corrected chi connectivity index (χ4v) is 1.78. The van der Waals surface area contributed by atoms with Crippen molar-refractivity contribution in [2.45, 2.75) is 46.3 Å². The number of carbonyl (C=O) groups excluding carboxylic acids is 1. The molecule has 0 aromatic carbocycles. The van der Waals surface area contributed by atoms with Crippen LogP contribution in [-0.4, -0.2) is 39.0 Å². The van der Waals surface area contributed by atoms with Crippen molar-refractivity contribution in [2.75, 3.05) is 0 Å². The Labute approximate surface area is 118 Å². The van der Waals surface area contributed by atoms with Gasteiger partial charge in [0, 0.05) is 18.4 Å². The van der Waals surface area contributed by atoms with E-state index in [1.165, 1.54) is 0 Å². The first-order valence-electron chi connectivity index (χ1n) is 6.47. The molecule has 0 radical (unpaired) electrons. The number of hydrogen-bond donors (Lipinski definition) is 3. The maximum atomic E-state index is 11.8. The number of amides is 2. The average Bonchev–Trinajstić information content (AvgIpc) is 2.76. The van der Waals surface area contributed by atoms with Crippen molar-refractivity contribution in [3.63, 3.8) is 0 Å². The van der Waals surface area contributed by atoms with Crippen LogP contribution < -0.4 is 10.6 Å². The number of carboxylic acids is 1. The topological polar surface area (TPSA) is 96.3 Å². The fourth-order valence-electron chi connectivity index (χ4n) is 1.78. The number of rotatable bonds is 5. The molecule has 112 valence electrons. The lowest BCUT2D eigenvalue weighted by molar-refractivity contribution is -0.141. The Bertz CT molecular complexity index is 451. The van der Waals surface area contributed by atoms with E-state index in [0.29, 0.717) is 6.54 Å². The quantitative estimate of drug-likeness (QED) is 0.752. The predicted octanol–water partition coefficient (Wildman–Crippen LogP) is 1.07. The predicted molar refractivity (Wildman–Crippen MR) is 74.2 cm³/mol. The summed E-state index contributed by atoms with van der Waals surface area (Å²) in [4.78, 5) is 23.0. The largest absolute Gasteiger partial charge is 0.480 e. The summed E-state index contributed by atoms with van der Waals surface area (Å²) in [5, 5.41) is 18.4. The van der Waals surface area contributed by atoms with Gasteiger partial charge in [-0.1, -0.05) is 20.8 Å². The molecule has 20 heavy (non-hydrogen) atoms. The highest BCUT2D eigenvalue weighted by Gasteiger charge is 2.32. The van der Waals surface area contributed by atoms with Gasteiger partial charge in [-0.3, -0.25) is 4.68 Å². The van der Waals surface area contributed by atoms with E-state index in [1.807, 2.05) is 6.92 Å². The maximum Gasteiger partial charge on any atom is 0.326 e. The Balaban J connectivity index is 2.51. The van der Waals surface area contributed by atoms with Crippen LogP contribution in [-0.2, 0) is 11.3 Å². The average molecular weight is 282 g/mol. The minimum Gasteiger partial charge on any atom is -0.480 e. The van der Waals surface area contributed by atoms with Crippen LogP contribution in [0.15, 0.2) is 18.5 Å². The van der Waals surface area contributed by atoms with Crippen LogP contribution >= 0.6 is 0 Å². The molecule has 2 atom stereocenters. The fraction of sp³-hybridized carbons (Fsp3) is 0.615. The highest BCUT2D eigenvalue weighted by molar-refractivity contribution is 5.83. The van der Waals surface area contributed by atoms with Crippen LogP contribution in [0.5, 0.6) is 0 Å². The van der Waals surface area contributed by atoms with Crippen molar-refractivity contribution >= 4 is 12.0 Å². The van der Waals surface area contributed by atoms with Crippen LogP contribution in [0.4, 0.5) is 4.79 Å². The van der Waals surface area contributed by atoms with E-state index < -0.39 is 23.5 Å². The summed E-state index contributed by atoms with van der Waals surface area (Å²) in [6.45, 7) is 7.64. The minimum absolute atomic E-state index is 0.163. The Hall–Kier alpha value is -2.05. The third-order valence-corrected chi connectivity index (χ3v) is 2.79. The molecule has 1 heterocycles. The highest BCUT2D eigenvalue weighted by atomic mass is 16.4. The molecule has 0 bridgehead atoms. The van der Waals surface area contributed by atoms with E-state index in [9.17, 15) is 9.59 Å². The molecule has 0 aliphatic heterocycles. The second-order valence-corrected chi connectivity index (χ2v) is 5.88. The van der Waals surface area contributed by atoms with Crippen LogP contribution in [0.3, 0.4) is 0 Å². The van der Waals surface area contributed by atoms with E-state index in [4.69, 9.17) is 5.11 Å². The summed E-state index contributed by atoms with van der Waals surface area (Å²) in [6.07, 6.45) is 3.46. The molecule has 2 amide bonds. The number of aromatic nitrogens is 2. The lowest BCUT2D eigenvalue weighted by Gasteiger charge is -2.28. The zero-order valence-electron chi connectivity index (χ0n) is 12.3. The molecule has 7 heteroatoms. The Morgan fingerprint density at radius 3 is 2.45 bits per heavy atom. The summed E-state index contributed by atoms with van der Waals surface area (Å²) >= 11 is 0. The Morgan fingerprint density at radius 1 is 1.35 bits per heavy atom. The second kappa shape index (κ2) is 6.40. The number of hydrogen-bond acceptors (Lipinski definition) is 3. The van der Waals surface area contributed by atoms with Crippen molar-refractivity contribution in [1.29, 1.82) is 0 Å². The number of carboxylic acid groups (broad SMARTS) is 1. The standard InChI is InChI=1S/C13H22N4O3/c1-9(8-17-7-5-6-14-17)15-12(20)16-10(11(18)19)13(2,3)4/h5-7,9-10H,8H2,1-4H3,(H,18,19)(H2,15,16,20). The van der Waals surface area contributed by atoms with E-state index in [1.54, 1.807) is 43.9 Å². The van der Waals surface area contributed by atoms with Crippen LogP contribution in [0, 0.1) is 5.41 Å². The zero-order valence-corrected chi connectivity index (χ0v) is 12.3. The molecule has 0 saturated carbocycles. The van der Waals surface area contributed by atoms with Crippen molar-refractivity contribution in [3.8, 4) is 0 Å². The van der Waals surface area contributed by atoms with Gasteiger partial charge in [-0.05, 0) is 18.4 Å². The molecule has 1 aromatic rings. The smallest absolute Gasteiger partial charge is 0.326 e. The molecule has 7 nitrogen and oxygen atoms in total. The van der Waals surface area contributed by atoms with E-state index in [-0.39, 0.29) is 6.04 Å². The molecule has 2 unspecified atom stereocenters. The Morgan fingerprint density at radius 2 is 2.00 bits per heavy atom. The van der Waals surface area contributed by atoms with Gasteiger partial charge in [0.25, 0.3) is 0 Å². The molecule has 1 rings (SSSR count). The van der Waals surface area contributed by atoms with E-state index >= 15 is 0 Å². The van der Waals surface area contributed by atoms with E-state index in [0.717, 1.165) is 0 Å². The van der Waals surface area contributed by atoms with Gasteiger partial charge in [-0.15, -0.1) is 0 Å². The monoisotopic (exact) mass is 282 g/mol. The summed E-state index contributed by atoms with van der Waals surface area (Å²) in [7, 11) is 0. The summed E-state index contributed by atoms with van der Waals surface area (Å²) < 4.78 is 1.70. The molecular weight excluding hydrogens is 260 g/mol. The molecule has 3 N–H and O–H groups in total. The molecule has 1 aromatic heterocycles. The SMILES string of the molecule is CC(Cn1cccn1)NC(=O)NC(C(=O)O)C(C)(C)C. The third-order valence-electron chi connectivity index (χ3n) is 2.79. The number of aliphatic carboxylic acids is 1. The number of carbonyl (C=O) groups is 2. The van der Waals surface area contributed by atoms with E-state index in [2.05, 4.69) is 15.7 Å². The summed E-state index contributed by atoms with van der Waals surface area (Å²) in [6, 6.07) is 0.197. The molecule has 0 spiro atoms. The molecule has 0 saturated heterocycles. The van der Waals surface area contributed by atoms with Crippen LogP contribution in [0.1, 0.15) is 27.7 Å². The normalized spacial score (nSPS) is 14.4. The summed E-state index contributed by atoms with van der Waals surface area (Å²) in [5.74, 6) is -1.05. The summed E-state index contributed by atoms with van der Waals surface area (Å²) in [5.41, 5.74) is -0.561. The van der Waals surface area contributed by atoms with Gasteiger partial charge in [-0.25, -0.2) is 9.59 Å². The minimum atomic E-state index is -1.05. The number of nitrogens with one attached hydrogen (secondary N) is 2. The number of nitrogens with zero attached hydrogens (tertiary/aromatic N) is 2. The van der Waals surface area contributed by atoms with Crippen molar-refractivity contribution < 1.29 is 14.7 Å². The van der Waals surface area contributed by atoms with Gasteiger partial charge < -0.3 is 15.7 Å². The molecule has 0 aliphatic rings. The van der Waals surface area contributed by atoms with Crippen LogP contribution in [0.2, 0.25) is 0 Å². The van der Waals surface area contributed by atoms with Crippen LogP contribution in [0.25, 0.3) is 0 Å². The van der Waals surface area contributed by atoms with Crippen molar-refractivity contribution in [3.05, 3.63) is 18.5 Å². The molecule has 0 aliphatic carbocycles. The van der Waals surface area contributed by atoms with Gasteiger partial charge in [0.15, 0.2) is 0 Å². The van der Waals surface area contributed by atoms with Crippen molar-refractivity contribution in [2.24, 2.45) is 5.41 Å². The second-order valence-electron chi connectivity index (χ2n) is 5.88. The molecule has 0 fully saturated rings. The number of urea groups is 1. The van der Waals surface area contributed by atoms with Gasteiger partial charge in [0.2, 0.25) is 0 Å². The first-order valence-corrected chi connectivity index (χ1v) is 6.47. The van der Waals surface area contributed by atoms with Gasteiger partial charge >= 0.3 is 12.0 Å². The maximum absolute atomic E-state index is 11.8. The Kier molecular flexibility index (Phi) is 5.12. The van der Waals surface area contributed by atoms with Gasteiger partial charge in [-0.2, -0.15) is 5.10 Å². The van der Waals surface area contributed by atoms with Crippen molar-refractivity contribution in [1.82, 2.24) is 20.4 Å². The van der Waals surface area contributed by atoms with Gasteiger partial charge in [0.1, 0.15) is 6.04 Å². The van der Waals surface area contributed by atoms with Gasteiger partial charge in [0.05, 0.1) is 6.54 Å². The lowest BCUT2D eigenvalue weighted by Crippen LogP contribution is -2.54. The molecular formula is C13H22N4O3. The first-order chi connectivity index (χ1) is 9.20. The lowest BCUT2D eigenvalue weighted by atomic mass is 9.87. The zero-order chi connectivity index (χ0) is 15.3.